The maximum absolute atomic E-state index is 5.64. The number of hydrogen-bond acceptors (Lipinski definition) is 2. The lowest BCUT2D eigenvalue weighted by molar-refractivity contribution is 0.410. The highest BCUT2D eigenvalue weighted by molar-refractivity contribution is 7.99. The Hall–Kier alpha value is 0.600. The fraction of sp³-hybridized carbons (Fsp3) is 1.00. The fourth-order valence-corrected chi connectivity index (χ4v) is 2.34. The number of halogens is 1. The van der Waals surface area contributed by atoms with Crippen LogP contribution in [0.1, 0.15) is 19.8 Å². The van der Waals surface area contributed by atoms with Gasteiger partial charge in [0.05, 0.1) is 0 Å². The van der Waals surface area contributed by atoms with Gasteiger partial charge in [0.15, 0.2) is 0 Å². The van der Waals surface area contributed by atoms with Crippen LogP contribution in [0, 0.1) is 0 Å². The van der Waals surface area contributed by atoms with E-state index in [1.165, 1.54) is 18.7 Å². The average Bonchev–Trinajstić information content (AvgIpc) is 1.98. The van der Waals surface area contributed by atoms with E-state index in [2.05, 4.69) is 25.9 Å². The van der Waals surface area contributed by atoms with Gasteiger partial charge >= 0.3 is 0 Å². The van der Waals surface area contributed by atoms with Gasteiger partial charge in [-0.25, -0.2) is 0 Å². The van der Waals surface area contributed by atoms with Crippen LogP contribution in [0.4, 0.5) is 0 Å². The van der Waals surface area contributed by atoms with Crippen LogP contribution in [-0.2, 0) is 0 Å². The molecule has 0 fully saturated rings. The zero-order chi connectivity index (χ0) is 9.40. The Kier molecular flexibility index (Phi) is 8.62. The third kappa shape index (κ3) is 8.69. The molecule has 0 saturated heterocycles. The Bertz CT molecular complexity index is 98.5. The van der Waals surface area contributed by atoms with Crippen molar-refractivity contribution < 1.29 is 0 Å². The third-order valence-corrected chi connectivity index (χ3v) is 3.22. The van der Waals surface area contributed by atoms with Crippen LogP contribution < -0.4 is 0 Å². The molecule has 0 aromatic rings. The van der Waals surface area contributed by atoms with E-state index in [4.69, 9.17) is 11.6 Å². The molecule has 0 heterocycles. The first kappa shape index (κ1) is 12.6. The van der Waals surface area contributed by atoms with E-state index in [9.17, 15) is 0 Å². The van der Waals surface area contributed by atoms with E-state index in [0.29, 0.717) is 0 Å². The molecule has 0 N–H and O–H groups in total. The minimum Gasteiger partial charge on any atom is -0.309 e. The van der Waals surface area contributed by atoms with E-state index < -0.39 is 0 Å². The predicted octanol–water partition coefficient (Wildman–Crippen LogP) is 2.69. The van der Waals surface area contributed by atoms with Crippen molar-refractivity contribution in [3.63, 3.8) is 0 Å². The van der Waals surface area contributed by atoms with Gasteiger partial charge < -0.3 is 4.90 Å². The van der Waals surface area contributed by atoms with Crippen LogP contribution in [0.2, 0.25) is 0 Å². The molecule has 0 aliphatic carbocycles. The summed E-state index contributed by atoms with van der Waals surface area (Å²) < 4.78 is 0. The lowest BCUT2D eigenvalue weighted by atomic mass is 10.4. The van der Waals surface area contributed by atoms with Crippen molar-refractivity contribution in [1.29, 1.82) is 0 Å². The highest BCUT2D eigenvalue weighted by atomic mass is 35.5. The van der Waals surface area contributed by atoms with Crippen molar-refractivity contribution in [2.45, 2.75) is 25.0 Å². The van der Waals surface area contributed by atoms with Crippen molar-refractivity contribution >= 4 is 23.4 Å². The van der Waals surface area contributed by atoms with Crippen molar-refractivity contribution in [1.82, 2.24) is 4.90 Å². The molecule has 0 bridgehead atoms. The molecule has 0 aliphatic rings. The minimum atomic E-state index is 0.727. The van der Waals surface area contributed by atoms with E-state index in [1.54, 1.807) is 0 Å². The van der Waals surface area contributed by atoms with Crippen molar-refractivity contribution in [2.75, 3.05) is 32.3 Å². The molecule has 74 valence electrons. The van der Waals surface area contributed by atoms with Crippen LogP contribution in [0.15, 0.2) is 0 Å². The van der Waals surface area contributed by atoms with E-state index in [0.717, 1.165) is 17.6 Å². The number of nitrogens with zero attached hydrogens (tertiary/aromatic N) is 1. The zero-order valence-electron chi connectivity index (χ0n) is 8.35. The summed E-state index contributed by atoms with van der Waals surface area (Å²) in [5.74, 6) is 2.05. The highest BCUT2D eigenvalue weighted by Crippen LogP contribution is 2.15. The highest BCUT2D eigenvalue weighted by Gasteiger charge is 2.00. The quantitative estimate of drug-likeness (QED) is 0.469. The average molecular weight is 210 g/mol. The number of hydrogen-bond donors (Lipinski definition) is 0. The minimum absolute atomic E-state index is 0.727. The van der Waals surface area contributed by atoms with Crippen molar-refractivity contribution in [3.05, 3.63) is 0 Å². The van der Waals surface area contributed by atoms with Gasteiger partial charge in [-0.3, -0.25) is 0 Å². The fourth-order valence-electron chi connectivity index (χ4n) is 0.902. The maximum Gasteiger partial charge on any atom is 0.0233 e. The van der Waals surface area contributed by atoms with E-state index in [1.807, 2.05) is 11.8 Å². The normalized spacial score (nSPS) is 13.8. The Morgan fingerprint density at radius 3 is 2.58 bits per heavy atom. The number of alkyl halides is 1. The first-order valence-electron chi connectivity index (χ1n) is 4.49. The predicted molar refractivity (Wildman–Crippen MR) is 60.4 cm³/mol. The molecule has 1 unspecified atom stereocenters. The Morgan fingerprint density at radius 1 is 1.42 bits per heavy atom. The Morgan fingerprint density at radius 2 is 2.08 bits per heavy atom. The molecule has 0 radical (unpaired) electrons. The zero-order valence-corrected chi connectivity index (χ0v) is 9.92. The summed E-state index contributed by atoms with van der Waals surface area (Å²) in [6.45, 7) is 3.45. The summed E-state index contributed by atoms with van der Waals surface area (Å²) in [5, 5.41) is 0.727. The molecular formula is C9H20ClNS. The molecule has 0 aromatic carbocycles. The first-order chi connectivity index (χ1) is 5.66. The van der Waals surface area contributed by atoms with Crippen LogP contribution in [0.3, 0.4) is 0 Å². The summed E-state index contributed by atoms with van der Waals surface area (Å²) in [5.41, 5.74) is 0. The van der Waals surface area contributed by atoms with Gasteiger partial charge in [0, 0.05) is 11.1 Å². The van der Waals surface area contributed by atoms with Crippen molar-refractivity contribution in [3.8, 4) is 0 Å². The van der Waals surface area contributed by atoms with Gasteiger partial charge in [0.1, 0.15) is 0 Å². The number of rotatable bonds is 7. The Balaban J connectivity index is 3.08. The Labute approximate surface area is 85.8 Å². The molecule has 12 heavy (non-hydrogen) atoms. The molecule has 0 aliphatic heterocycles. The summed E-state index contributed by atoms with van der Waals surface area (Å²) in [7, 11) is 4.24. The molecule has 0 rings (SSSR count). The molecule has 0 amide bonds. The van der Waals surface area contributed by atoms with Crippen LogP contribution >= 0.6 is 23.4 Å². The summed E-state index contributed by atoms with van der Waals surface area (Å²) in [6.07, 6.45) is 2.42. The third-order valence-electron chi connectivity index (χ3n) is 1.67. The second-order valence-corrected chi connectivity index (χ2v) is 5.24. The van der Waals surface area contributed by atoms with Gasteiger partial charge in [-0.1, -0.05) is 6.92 Å². The van der Waals surface area contributed by atoms with Gasteiger partial charge in [-0.05, 0) is 39.2 Å². The first-order valence-corrected chi connectivity index (χ1v) is 6.07. The van der Waals surface area contributed by atoms with Crippen molar-refractivity contribution in [2.24, 2.45) is 0 Å². The summed E-state index contributed by atoms with van der Waals surface area (Å²) in [4.78, 5) is 2.23. The molecule has 1 atom stereocenters. The molecule has 1 nitrogen and oxygen atoms in total. The van der Waals surface area contributed by atoms with Gasteiger partial charge in [-0.2, -0.15) is 11.8 Å². The summed E-state index contributed by atoms with van der Waals surface area (Å²) >= 11 is 7.67. The second kappa shape index (κ2) is 8.21. The standard InChI is InChI=1S/C9H20ClNS/c1-9(5-6-10)12-8-4-7-11(2)3/h9H,4-8H2,1-3H3. The second-order valence-electron chi connectivity index (χ2n) is 3.32. The van der Waals surface area contributed by atoms with Gasteiger partial charge in [0.25, 0.3) is 0 Å². The lowest BCUT2D eigenvalue weighted by Gasteiger charge is -2.11. The van der Waals surface area contributed by atoms with Crippen LogP contribution in [0.25, 0.3) is 0 Å². The molecule has 0 spiro atoms. The molecule has 0 aromatic heterocycles. The molecule has 0 saturated carbocycles. The molecular weight excluding hydrogens is 190 g/mol. The van der Waals surface area contributed by atoms with Gasteiger partial charge in [0.2, 0.25) is 0 Å². The monoisotopic (exact) mass is 209 g/mol. The van der Waals surface area contributed by atoms with Gasteiger partial charge in [-0.15, -0.1) is 11.6 Å². The number of thioether (sulfide) groups is 1. The smallest absolute Gasteiger partial charge is 0.0233 e. The van der Waals surface area contributed by atoms with E-state index in [-0.39, 0.29) is 0 Å². The lowest BCUT2D eigenvalue weighted by Crippen LogP contribution is -2.14. The maximum atomic E-state index is 5.64. The largest absolute Gasteiger partial charge is 0.309 e. The molecule has 3 heteroatoms. The summed E-state index contributed by atoms with van der Waals surface area (Å²) in [6, 6.07) is 0. The topological polar surface area (TPSA) is 3.24 Å². The van der Waals surface area contributed by atoms with Crippen LogP contribution in [-0.4, -0.2) is 42.4 Å². The SMILES string of the molecule is CC(CCCl)SCCCN(C)C. The van der Waals surface area contributed by atoms with Crippen LogP contribution in [0.5, 0.6) is 0 Å². The van der Waals surface area contributed by atoms with E-state index >= 15 is 0 Å².